The van der Waals surface area contributed by atoms with Crippen LogP contribution < -0.4 is 11.1 Å². The van der Waals surface area contributed by atoms with E-state index in [1.807, 2.05) is 43.7 Å². The maximum atomic E-state index is 13.1. The zero-order valence-electron chi connectivity index (χ0n) is 19.8. The number of pyridine rings is 2. The average Bonchev–Trinajstić information content (AvgIpc) is 2.86. The van der Waals surface area contributed by atoms with Crippen LogP contribution in [0.25, 0.3) is 0 Å². The molecule has 2 aromatic rings. The first-order chi connectivity index (χ1) is 16.1. The maximum absolute atomic E-state index is 13.1. The molecule has 0 aliphatic heterocycles. The van der Waals surface area contributed by atoms with Gasteiger partial charge in [-0.15, -0.1) is 0 Å². The van der Waals surface area contributed by atoms with Crippen LogP contribution in [0.2, 0.25) is 0 Å². The van der Waals surface area contributed by atoms with Gasteiger partial charge in [-0.1, -0.05) is 6.92 Å². The number of aromatic nitrogens is 2. The molecule has 1 aliphatic carbocycles. The van der Waals surface area contributed by atoms with Gasteiger partial charge in [-0.25, -0.2) is 0 Å². The first-order valence-corrected chi connectivity index (χ1v) is 11.9. The second-order valence-corrected chi connectivity index (χ2v) is 8.55. The Morgan fingerprint density at radius 1 is 1.12 bits per heavy atom. The summed E-state index contributed by atoms with van der Waals surface area (Å²) in [5.41, 5.74) is 11.1. The van der Waals surface area contributed by atoms with Crippen molar-refractivity contribution in [3.05, 3.63) is 71.4 Å². The lowest BCUT2D eigenvalue weighted by molar-refractivity contribution is -0.126. The van der Waals surface area contributed by atoms with Crippen molar-refractivity contribution >= 4 is 11.6 Å². The van der Waals surface area contributed by atoms with E-state index in [1.165, 1.54) is 5.56 Å². The zero-order chi connectivity index (χ0) is 23.5. The smallest absolute Gasteiger partial charge is 0.269 e. The van der Waals surface area contributed by atoms with Crippen LogP contribution in [0.3, 0.4) is 0 Å². The standard InChI is InChI=1S/C26H36N6O/c1-3-12-31-24-5-4-22(30-17-10-20-6-13-28-14-7-20)19-23(24)25(27)26(33)32(2)18-11-21-8-15-29-16-9-21/h6-9,13-16,22,30H,3-5,10-12,17-19,27H2,1-2H3/b25-23-,31-24?. The molecule has 2 heterocycles. The Hall–Kier alpha value is -3.06. The molecule has 0 spiro atoms. The number of aliphatic imine (C=N–C) groups is 1. The molecule has 3 N–H and O–H groups in total. The van der Waals surface area contributed by atoms with Gasteiger partial charge >= 0.3 is 0 Å². The molecule has 1 amide bonds. The van der Waals surface area contributed by atoms with E-state index in [0.717, 1.165) is 68.5 Å². The molecule has 1 atom stereocenters. The highest BCUT2D eigenvalue weighted by molar-refractivity contribution is 6.08. The monoisotopic (exact) mass is 448 g/mol. The summed E-state index contributed by atoms with van der Waals surface area (Å²) in [6.07, 6.45) is 12.5. The van der Waals surface area contributed by atoms with Gasteiger partial charge in [-0.2, -0.15) is 0 Å². The highest BCUT2D eigenvalue weighted by Gasteiger charge is 2.27. The van der Waals surface area contributed by atoms with Crippen LogP contribution in [0.5, 0.6) is 0 Å². The minimum atomic E-state index is -0.124. The number of hydrogen-bond acceptors (Lipinski definition) is 6. The summed E-state index contributed by atoms with van der Waals surface area (Å²) in [6.45, 7) is 4.36. The molecule has 176 valence electrons. The van der Waals surface area contributed by atoms with Crippen LogP contribution in [0, 0.1) is 0 Å². The first kappa shape index (κ1) is 24.6. The van der Waals surface area contributed by atoms with Gasteiger partial charge in [-0.3, -0.25) is 19.8 Å². The van der Waals surface area contributed by atoms with Crippen molar-refractivity contribution in [1.29, 1.82) is 0 Å². The van der Waals surface area contributed by atoms with Crippen LogP contribution in [0.4, 0.5) is 0 Å². The van der Waals surface area contributed by atoms with Crippen molar-refractivity contribution in [2.24, 2.45) is 10.7 Å². The number of nitrogens with two attached hydrogens (primary N) is 1. The van der Waals surface area contributed by atoms with E-state index in [2.05, 4.69) is 22.2 Å². The van der Waals surface area contributed by atoms with Crippen LogP contribution in [-0.2, 0) is 17.6 Å². The van der Waals surface area contributed by atoms with Gasteiger partial charge in [0.05, 0.1) is 0 Å². The van der Waals surface area contributed by atoms with Gasteiger partial charge in [0.25, 0.3) is 5.91 Å². The van der Waals surface area contributed by atoms with Gasteiger partial charge in [-0.05, 0) is 80.5 Å². The lowest BCUT2D eigenvalue weighted by atomic mass is 9.87. The largest absolute Gasteiger partial charge is 0.394 e. The highest BCUT2D eigenvalue weighted by atomic mass is 16.2. The van der Waals surface area contributed by atoms with Crippen molar-refractivity contribution in [2.75, 3.05) is 26.7 Å². The normalized spacial score (nSPS) is 18.8. The minimum Gasteiger partial charge on any atom is -0.394 e. The third-order valence-corrected chi connectivity index (χ3v) is 6.04. The van der Waals surface area contributed by atoms with E-state index < -0.39 is 0 Å². The number of likely N-dealkylation sites (N-methyl/N-ethyl adjacent to an activating group) is 1. The van der Waals surface area contributed by atoms with Crippen molar-refractivity contribution in [2.45, 2.75) is 51.5 Å². The van der Waals surface area contributed by atoms with Crippen molar-refractivity contribution in [1.82, 2.24) is 20.2 Å². The molecule has 0 aromatic carbocycles. The van der Waals surface area contributed by atoms with E-state index in [-0.39, 0.29) is 11.9 Å². The molecule has 2 aromatic heterocycles. The third-order valence-electron chi connectivity index (χ3n) is 6.04. The Morgan fingerprint density at radius 3 is 2.39 bits per heavy atom. The van der Waals surface area contributed by atoms with Gasteiger partial charge < -0.3 is 16.0 Å². The summed E-state index contributed by atoms with van der Waals surface area (Å²) in [5.74, 6) is -0.124. The van der Waals surface area contributed by atoms with E-state index >= 15 is 0 Å². The number of hydrogen-bond donors (Lipinski definition) is 2. The van der Waals surface area contributed by atoms with Crippen LogP contribution in [0.1, 0.15) is 43.7 Å². The van der Waals surface area contributed by atoms with Crippen LogP contribution >= 0.6 is 0 Å². The summed E-state index contributed by atoms with van der Waals surface area (Å²) in [6, 6.07) is 8.32. The lowest BCUT2D eigenvalue weighted by Crippen LogP contribution is -2.39. The Labute approximate surface area is 197 Å². The predicted octanol–water partition coefficient (Wildman–Crippen LogP) is 2.93. The molecule has 0 saturated heterocycles. The summed E-state index contributed by atoms with van der Waals surface area (Å²) in [4.78, 5) is 27.7. The van der Waals surface area contributed by atoms with Gasteiger partial charge in [0.1, 0.15) is 5.70 Å². The summed E-state index contributed by atoms with van der Waals surface area (Å²) < 4.78 is 0. The second kappa shape index (κ2) is 12.8. The summed E-state index contributed by atoms with van der Waals surface area (Å²) >= 11 is 0. The fourth-order valence-electron chi connectivity index (χ4n) is 4.04. The number of carbonyl (C=O) groups excluding carboxylic acids is 1. The molecular weight excluding hydrogens is 412 g/mol. The van der Waals surface area contributed by atoms with Gasteiger partial charge in [0.15, 0.2) is 0 Å². The SMILES string of the molecule is CCCN=C1CCC(NCCc2ccncc2)C/C1=C(/N)C(=O)N(C)CCc1ccncc1. The Morgan fingerprint density at radius 2 is 1.76 bits per heavy atom. The van der Waals surface area contributed by atoms with Crippen LogP contribution in [0.15, 0.2) is 65.3 Å². The molecule has 3 rings (SSSR count). The zero-order valence-corrected chi connectivity index (χ0v) is 19.8. The number of rotatable bonds is 10. The molecule has 1 aliphatic rings. The number of amides is 1. The second-order valence-electron chi connectivity index (χ2n) is 8.55. The lowest BCUT2D eigenvalue weighted by Gasteiger charge is -2.29. The molecule has 7 nitrogen and oxygen atoms in total. The Kier molecular flexibility index (Phi) is 9.57. The van der Waals surface area contributed by atoms with E-state index in [0.29, 0.717) is 12.2 Å². The Bertz CT molecular complexity index is 942. The molecule has 1 unspecified atom stereocenters. The molecule has 33 heavy (non-hydrogen) atoms. The topological polar surface area (TPSA) is 96.5 Å². The minimum absolute atomic E-state index is 0.124. The molecule has 1 saturated carbocycles. The maximum Gasteiger partial charge on any atom is 0.269 e. The van der Waals surface area contributed by atoms with Crippen LogP contribution in [-0.4, -0.2) is 59.2 Å². The average molecular weight is 449 g/mol. The number of nitrogens with one attached hydrogen (secondary N) is 1. The fraction of sp³-hybridized carbons (Fsp3) is 0.462. The van der Waals surface area contributed by atoms with Gasteiger partial charge in [0.2, 0.25) is 0 Å². The van der Waals surface area contributed by atoms with E-state index in [4.69, 9.17) is 10.7 Å². The highest BCUT2D eigenvalue weighted by Crippen LogP contribution is 2.24. The van der Waals surface area contributed by atoms with E-state index in [9.17, 15) is 4.79 Å². The predicted molar refractivity (Wildman–Crippen MR) is 133 cm³/mol. The summed E-state index contributed by atoms with van der Waals surface area (Å²) in [7, 11) is 1.81. The molecular formula is C26H36N6O. The van der Waals surface area contributed by atoms with Crippen molar-refractivity contribution in [3.63, 3.8) is 0 Å². The number of carbonyl (C=O) groups is 1. The first-order valence-electron chi connectivity index (χ1n) is 11.9. The summed E-state index contributed by atoms with van der Waals surface area (Å²) in [5, 5.41) is 3.65. The van der Waals surface area contributed by atoms with Crippen molar-refractivity contribution < 1.29 is 4.79 Å². The van der Waals surface area contributed by atoms with E-state index in [1.54, 1.807) is 17.3 Å². The molecule has 1 fully saturated rings. The molecule has 0 bridgehead atoms. The molecule has 0 radical (unpaired) electrons. The third kappa shape index (κ3) is 7.49. The molecule has 7 heteroatoms. The number of nitrogens with zero attached hydrogens (tertiary/aromatic N) is 4. The quantitative estimate of drug-likeness (QED) is 0.545. The fourth-order valence-corrected chi connectivity index (χ4v) is 4.04. The Balaban J connectivity index is 1.65. The van der Waals surface area contributed by atoms with Crippen molar-refractivity contribution in [3.8, 4) is 0 Å². The van der Waals surface area contributed by atoms with Gasteiger partial charge in [0, 0.05) is 62.3 Å².